The summed E-state index contributed by atoms with van der Waals surface area (Å²) in [6, 6.07) is 5.92. The summed E-state index contributed by atoms with van der Waals surface area (Å²) in [4.78, 5) is 24.5. The first-order chi connectivity index (χ1) is 8.52. The summed E-state index contributed by atoms with van der Waals surface area (Å²) in [5, 5.41) is 9.04. The molecule has 0 saturated heterocycles. The molecule has 1 rings (SSSR count). The second-order valence-electron chi connectivity index (χ2n) is 3.88. The van der Waals surface area contributed by atoms with Gasteiger partial charge in [0.2, 0.25) is 0 Å². The topological polar surface area (TPSA) is 66.8 Å². The lowest BCUT2D eigenvalue weighted by atomic mass is 10.1. The van der Waals surface area contributed by atoms with E-state index in [-0.39, 0.29) is 5.91 Å². The van der Waals surface area contributed by atoms with Crippen LogP contribution in [-0.2, 0) is 4.79 Å². The number of hydrogen-bond donors (Lipinski definition) is 1. The van der Waals surface area contributed by atoms with Crippen molar-refractivity contribution < 1.29 is 19.4 Å². The van der Waals surface area contributed by atoms with Gasteiger partial charge in [0.05, 0.1) is 12.7 Å². The zero-order chi connectivity index (χ0) is 13.7. The van der Waals surface area contributed by atoms with E-state index < -0.39 is 12.0 Å². The molecule has 1 N–H and O–H groups in total. The monoisotopic (exact) mass is 251 g/mol. The van der Waals surface area contributed by atoms with Crippen molar-refractivity contribution in [3.05, 3.63) is 29.8 Å². The van der Waals surface area contributed by atoms with E-state index in [2.05, 4.69) is 0 Å². The number of para-hydroxylation sites is 1. The van der Waals surface area contributed by atoms with E-state index in [1.165, 1.54) is 19.1 Å². The van der Waals surface area contributed by atoms with Crippen molar-refractivity contribution in [2.45, 2.75) is 19.4 Å². The van der Waals surface area contributed by atoms with Gasteiger partial charge in [0, 0.05) is 7.05 Å². The zero-order valence-electron chi connectivity index (χ0n) is 10.7. The number of ether oxygens (including phenoxy) is 1. The Morgan fingerprint density at radius 3 is 2.50 bits per heavy atom. The van der Waals surface area contributed by atoms with Crippen LogP contribution >= 0.6 is 0 Å². The number of aliphatic carboxylic acids is 1. The molecule has 0 aliphatic carbocycles. The quantitative estimate of drug-likeness (QED) is 0.863. The van der Waals surface area contributed by atoms with Gasteiger partial charge < -0.3 is 14.7 Å². The van der Waals surface area contributed by atoms with Crippen molar-refractivity contribution >= 4 is 11.9 Å². The molecule has 1 aromatic rings. The molecule has 98 valence electrons. The molecule has 1 unspecified atom stereocenters. The normalized spacial score (nSPS) is 11.7. The van der Waals surface area contributed by atoms with Crippen LogP contribution in [0.15, 0.2) is 24.3 Å². The van der Waals surface area contributed by atoms with Gasteiger partial charge in [0.1, 0.15) is 11.8 Å². The van der Waals surface area contributed by atoms with Crippen LogP contribution in [0.5, 0.6) is 5.75 Å². The van der Waals surface area contributed by atoms with E-state index in [0.29, 0.717) is 17.7 Å². The largest absolute Gasteiger partial charge is 0.496 e. The van der Waals surface area contributed by atoms with Crippen molar-refractivity contribution in [3.8, 4) is 5.75 Å². The molecule has 0 radical (unpaired) electrons. The fourth-order valence-corrected chi connectivity index (χ4v) is 1.77. The molecule has 0 saturated carbocycles. The SMILES string of the molecule is CCC(C(=O)O)N(C)C(=O)c1ccccc1OC. The van der Waals surface area contributed by atoms with E-state index in [1.807, 2.05) is 0 Å². The van der Waals surface area contributed by atoms with E-state index >= 15 is 0 Å². The molecule has 0 aliphatic heterocycles. The molecule has 1 amide bonds. The van der Waals surface area contributed by atoms with Crippen LogP contribution in [0.2, 0.25) is 0 Å². The summed E-state index contributed by atoms with van der Waals surface area (Å²) in [6.07, 6.45) is 0.354. The van der Waals surface area contributed by atoms with Gasteiger partial charge in [0.15, 0.2) is 0 Å². The fraction of sp³-hybridized carbons (Fsp3) is 0.385. The minimum Gasteiger partial charge on any atom is -0.496 e. The Kier molecular flexibility index (Phi) is 4.71. The molecule has 18 heavy (non-hydrogen) atoms. The van der Waals surface area contributed by atoms with Crippen molar-refractivity contribution in [3.63, 3.8) is 0 Å². The van der Waals surface area contributed by atoms with Crippen LogP contribution < -0.4 is 4.74 Å². The number of hydrogen-bond acceptors (Lipinski definition) is 3. The number of likely N-dealkylation sites (N-methyl/N-ethyl adjacent to an activating group) is 1. The molecular formula is C13H17NO4. The van der Waals surface area contributed by atoms with Gasteiger partial charge in [-0.15, -0.1) is 0 Å². The average molecular weight is 251 g/mol. The number of nitrogens with zero attached hydrogens (tertiary/aromatic N) is 1. The van der Waals surface area contributed by atoms with E-state index in [1.54, 1.807) is 31.2 Å². The van der Waals surface area contributed by atoms with Crippen LogP contribution in [0.1, 0.15) is 23.7 Å². The predicted molar refractivity (Wildman–Crippen MR) is 66.8 cm³/mol. The van der Waals surface area contributed by atoms with Crippen molar-refractivity contribution in [1.29, 1.82) is 0 Å². The first-order valence-electron chi connectivity index (χ1n) is 5.65. The molecule has 0 aliphatic rings. The van der Waals surface area contributed by atoms with Gasteiger partial charge in [-0.1, -0.05) is 19.1 Å². The number of carboxylic acids is 1. The standard InChI is InChI=1S/C13H17NO4/c1-4-10(13(16)17)14(2)12(15)9-7-5-6-8-11(9)18-3/h5-8,10H,4H2,1-3H3,(H,16,17). The summed E-state index contributed by atoms with van der Waals surface area (Å²) in [5.41, 5.74) is 0.363. The molecule has 1 atom stereocenters. The second-order valence-corrected chi connectivity index (χ2v) is 3.88. The van der Waals surface area contributed by atoms with E-state index in [4.69, 9.17) is 9.84 Å². The molecule has 5 heteroatoms. The number of benzene rings is 1. The van der Waals surface area contributed by atoms with E-state index in [0.717, 1.165) is 0 Å². The summed E-state index contributed by atoms with van der Waals surface area (Å²) < 4.78 is 5.10. The number of rotatable bonds is 5. The Labute approximate surface area is 106 Å². The Morgan fingerprint density at radius 1 is 1.39 bits per heavy atom. The first kappa shape index (κ1) is 14.0. The number of amides is 1. The Hall–Kier alpha value is -2.04. The Bertz CT molecular complexity index is 444. The van der Waals surface area contributed by atoms with Crippen molar-refractivity contribution in [2.75, 3.05) is 14.2 Å². The third kappa shape index (κ3) is 2.80. The molecule has 0 fully saturated rings. The van der Waals surface area contributed by atoms with Gasteiger partial charge in [-0.05, 0) is 18.6 Å². The smallest absolute Gasteiger partial charge is 0.326 e. The van der Waals surface area contributed by atoms with Gasteiger partial charge >= 0.3 is 5.97 Å². The fourth-order valence-electron chi connectivity index (χ4n) is 1.77. The van der Waals surface area contributed by atoms with Gasteiger partial charge in [-0.2, -0.15) is 0 Å². The molecule has 0 heterocycles. The van der Waals surface area contributed by atoms with Crippen LogP contribution in [0.3, 0.4) is 0 Å². The molecule has 0 spiro atoms. The van der Waals surface area contributed by atoms with Crippen molar-refractivity contribution in [2.24, 2.45) is 0 Å². The summed E-state index contributed by atoms with van der Waals surface area (Å²) in [6.45, 7) is 1.73. The lowest BCUT2D eigenvalue weighted by Crippen LogP contribution is -2.42. The maximum absolute atomic E-state index is 12.2. The maximum atomic E-state index is 12.2. The maximum Gasteiger partial charge on any atom is 0.326 e. The van der Waals surface area contributed by atoms with Crippen molar-refractivity contribution in [1.82, 2.24) is 4.90 Å². The highest BCUT2D eigenvalue weighted by atomic mass is 16.5. The summed E-state index contributed by atoms with van der Waals surface area (Å²) >= 11 is 0. The van der Waals surface area contributed by atoms with Gasteiger partial charge in [0.25, 0.3) is 5.91 Å². The molecular weight excluding hydrogens is 234 g/mol. The lowest BCUT2D eigenvalue weighted by Gasteiger charge is -2.24. The third-order valence-corrected chi connectivity index (χ3v) is 2.80. The highest BCUT2D eigenvalue weighted by Gasteiger charge is 2.26. The Morgan fingerprint density at radius 2 is 2.00 bits per heavy atom. The minimum atomic E-state index is -1.01. The van der Waals surface area contributed by atoms with E-state index in [9.17, 15) is 9.59 Å². The second kappa shape index (κ2) is 6.05. The molecule has 0 aromatic heterocycles. The first-order valence-corrected chi connectivity index (χ1v) is 5.65. The predicted octanol–water partition coefficient (Wildman–Crippen LogP) is 1.63. The van der Waals surface area contributed by atoms with Gasteiger partial charge in [-0.25, -0.2) is 4.79 Å². The van der Waals surface area contributed by atoms with Crippen LogP contribution in [0.4, 0.5) is 0 Å². The third-order valence-electron chi connectivity index (χ3n) is 2.80. The minimum absolute atomic E-state index is 0.354. The number of methoxy groups -OCH3 is 1. The van der Waals surface area contributed by atoms with Crippen LogP contribution in [0, 0.1) is 0 Å². The van der Waals surface area contributed by atoms with Crippen LogP contribution in [0.25, 0.3) is 0 Å². The van der Waals surface area contributed by atoms with Gasteiger partial charge in [-0.3, -0.25) is 4.79 Å². The molecule has 5 nitrogen and oxygen atoms in total. The molecule has 1 aromatic carbocycles. The zero-order valence-corrected chi connectivity index (χ0v) is 10.7. The molecule has 0 bridgehead atoms. The number of carbonyl (C=O) groups excluding carboxylic acids is 1. The highest BCUT2D eigenvalue weighted by Crippen LogP contribution is 2.20. The lowest BCUT2D eigenvalue weighted by molar-refractivity contribution is -0.142. The number of carbonyl (C=O) groups is 2. The number of carboxylic acid groups (broad SMARTS) is 1. The highest BCUT2D eigenvalue weighted by molar-refractivity contribution is 5.98. The van der Waals surface area contributed by atoms with Crippen LogP contribution in [-0.4, -0.2) is 42.1 Å². The Balaban J connectivity index is 3.02. The summed E-state index contributed by atoms with van der Waals surface area (Å²) in [7, 11) is 2.96. The summed E-state index contributed by atoms with van der Waals surface area (Å²) in [5.74, 6) is -0.931. The average Bonchev–Trinajstić information content (AvgIpc) is 2.38.